The van der Waals surface area contributed by atoms with Crippen molar-refractivity contribution in [3.63, 3.8) is 0 Å². The first-order chi connectivity index (χ1) is 11.6. The highest BCUT2D eigenvalue weighted by Gasteiger charge is 2.25. The van der Waals surface area contributed by atoms with Gasteiger partial charge in [-0.3, -0.25) is 0 Å². The second-order valence-electron chi connectivity index (χ2n) is 5.96. The van der Waals surface area contributed by atoms with Crippen LogP contribution in [0.25, 0.3) is 5.70 Å². The van der Waals surface area contributed by atoms with Crippen molar-refractivity contribution < 1.29 is 0 Å². The van der Waals surface area contributed by atoms with E-state index in [2.05, 4.69) is 59.0 Å². The topological polar surface area (TPSA) is 55.6 Å². The predicted octanol–water partition coefficient (Wildman–Crippen LogP) is 4.00. The third-order valence-electron chi connectivity index (χ3n) is 4.23. The standard InChI is InChI=1S/C18H16ClN5/c1-11-3-8-15(12(2)9-11)17-10-16(13-4-6-14(19)7-5-13)20-18-21-22-23-24(17)18/h3-10,17H,1-2H3,(H,20,21,23)/t17-/m0/s1. The van der Waals surface area contributed by atoms with Gasteiger partial charge in [-0.15, -0.1) is 0 Å². The number of halogens is 1. The van der Waals surface area contributed by atoms with Crippen LogP contribution in [0.3, 0.4) is 0 Å². The summed E-state index contributed by atoms with van der Waals surface area (Å²) >= 11 is 6.00. The second kappa shape index (κ2) is 5.76. The van der Waals surface area contributed by atoms with Gasteiger partial charge in [0.05, 0.1) is 0 Å². The van der Waals surface area contributed by atoms with Gasteiger partial charge in [-0.1, -0.05) is 52.6 Å². The maximum atomic E-state index is 6.00. The average molecular weight is 338 g/mol. The number of benzene rings is 2. The third-order valence-corrected chi connectivity index (χ3v) is 4.48. The molecule has 0 spiro atoms. The van der Waals surface area contributed by atoms with Gasteiger partial charge in [0.1, 0.15) is 6.04 Å². The van der Waals surface area contributed by atoms with E-state index in [1.807, 2.05) is 24.3 Å². The molecule has 2 heterocycles. The van der Waals surface area contributed by atoms with E-state index in [0.717, 1.165) is 11.3 Å². The molecule has 1 aliphatic heterocycles. The number of aryl methyl sites for hydroxylation is 2. The molecule has 0 saturated heterocycles. The summed E-state index contributed by atoms with van der Waals surface area (Å²) in [7, 11) is 0. The SMILES string of the molecule is Cc1ccc([C@@H]2C=C(c3ccc(Cl)cc3)Nc3nnnn32)c(C)c1. The molecule has 0 fully saturated rings. The number of fused-ring (bicyclic) bond motifs is 1. The minimum absolute atomic E-state index is 0.0532. The van der Waals surface area contributed by atoms with Crippen molar-refractivity contribution in [2.75, 3.05) is 5.32 Å². The van der Waals surface area contributed by atoms with Crippen molar-refractivity contribution in [1.29, 1.82) is 0 Å². The molecule has 1 aromatic heterocycles. The number of rotatable bonds is 2. The van der Waals surface area contributed by atoms with Crippen LogP contribution in [0.5, 0.6) is 0 Å². The highest BCUT2D eigenvalue weighted by Crippen LogP contribution is 2.33. The molecule has 0 amide bonds. The van der Waals surface area contributed by atoms with Crippen LogP contribution in [-0.4, -0.2) is 20.2 Å². The predicted molar refractivity (Wildman–Crippen MR) is 94.9 cm³/mol. The van der Waals surface area contributed by atoms with Crippen molar-refractivity contribution in [2.24, 2.45) is 0 Å². The normalized spacial score (nSPS) is 16.3. The summed E-state index contributed by atoms with van der Waals surface area (Å²) in [5, 5.41) is 16.1. The zero-order valence-electron chi connectivity index (χ0n) is 13.4. The Morgan fingerprint density at radius 2 is 1.88 bits per heavy atom. The van der Waals surface area contributed by atoms with E-state index in [1.54, 1.807) is 4.68 Å². The van der Waals surface area contributed by atoms with Gasteiger partial charge in [-0.25, -0.2) is 0 Å². The Morgan fingerprint density at radius 3 is 2.62 bits per heavy atom. The first-order valence-electron chi connectivity index (χ1n) is 7.71. The van der Waals surface area contributed by atoms with E-state index in [-0.39, 0.29) is 6.04 Å². The Hall–Kier alpha value is -2.66. The molecule has 1 atom stereocenters. The van der Waals surface area contributed by atoms with Gasteiger partial charge in [0, 0.05) is 10.7 Å². The van der Waals surface area contributed by atoms with Crippen molar-refractivity contribution in [1.82, 2.24) is 20.2 Å². The monoisotopic (exact) mass is 337 g/mol. The lowest BCUT2D eigenvalue weighted by molar-refractivity contribution is 0.583. The van der Waals surface area contributed by atoms with Crippen molar-refractivity contribution in [3.8, 4) is 0 Å². The maximum absolute atomic E-state index is 6.00. The molecule has 1 aliphatic rings. The lowest BCUT2D eigenvalue weighted by atomic mass is 9.96. The summed E-state index contributed by atoms with van der Waals surface area (Å²) in [5.41, 5.74) is 5.66. The average Bonchev–Trinajstić information content (AvgIpc) is 3.03. The minimum atomic E-state index is -0.0532. The number of nitrogens with zero attached hydrogens (tertiary/aromatic N) is 4. The van der Waals surface area contributed by atoms with E-state index in [0.29, 0.717) is 11.0 Å². The van der Waals surface area contributed by atoms with Crippen LogP contribution in [0.1, 0.15) is 28.3 Å². The number of aromatic nitrogens is 4. The second-order valence-corrected chi connectivity index (χ2v) is 6.40. The molecular formula is C18H16ClN5. The minimum Gasteiger partial charge on any atom is -0.323 e. The molecule has 6 heteroatoms. The van der Waals surface area contributed by atoms with Crippen LogP contribution in [0.4, 0.5) is 5.95 Å². The van der Waals surface area contributed by atoms with Gasteiger partial charge in [-0.05, 0) is 59.2 Å². The maximum Gasteiger partial charge on any atom is 0.248 e. The summed E-state index contributed by atoms with van der Waals surface area (Å²) in [6.45, 7) is 4.21. The van der Waals surface area contributed by atoms with Crippen molar-refractivity contribution >= 4 is 23.2 Å². The zero-order chi connectivity index (χ0) is 16.7. The van der Waals surface area contributed by atoms with Crippen LogP contribution < -0.4 is 5.32 Å². The van der Waals surface area contributed by atoms with Gasteiger partial charge in [0.25, 0.3) is 0 Å². The van der Waals surface area contributed by atoms with E-state index in [4.69, 9.17) is 11.6 Å². The Morgan fingerprint density at radius 1 is 1.08 bits per heavy atom. The number of nitrogens with one attached hydrogen (secondary N) is 1. The third kappa shape index (κ3) is 2.57. The largest absolute Gasteiger partial charge is 0.323 e. The number of hydrogen-bond acceptors (Lipinski definition) is 4. The summed E-state index contributed by atoms with van der Waals surface area (Å²) < 4.78 is 1.80. The van der Waals surface area contributed by atoms with E-state index in [1.165, 1.54) is 16.7 Å². The number of allylic oxidation sites excluding steroid dienone is 1. The first kappa shape index (κ1) is 14.9. The van der Waals surface area contributed by atoms with Crippen LogP contribution >= 0.6 is 11.6 Å². The summed E-state index contributed by atoms with van der Waals surface area (Å²) in [5.74, 6) is 0.632. The van der Waals surface area contributed by atoms with Gasteiger partial charge in [0.2, 0.25) is 5.95 Å². The highest BCUT2D eigenvalue weighted by atomic mass is 35.5. The smallest absolute Gasteiger partial charge is 0.248 e. The van der Waals surface area contributed by atoms with Gasteiger partial charge in [0.15, 0.2) is 0 Å². The molecule has 0 radical (unpaired) electrons. The Kier molecular flexibility index (Phi) is 3.58. The Balaban J connectivity index is 1.83. The molecule has 0 saturated carbocycles. The van der Waals surface area contributed by atoms with Crippen LogP contribution in [0.2, 0.25) is 5.02 Å². The summed E-state index contributed by atoms with van der Waals surface area (Å²) in [4.78, 5) is 0. The fourth-order valence-corrected chi connectivity index (χ4v) is 3.16. The highest BCUT2D eigenvalue weighted by molar-refractivity contribution is 6.30. The lowest BCUT2D eigenvalue weighted by Gasteiger charge is -2.24. The van der Waals surface area contributed by atoms with E-state index < -0.39 is 0 Å². The lowest BCUT2D eigenvalue weighted by Crippen LogP contribution is -2.21. The molecule has 1 N–H and O–H groups in total. The van der Waals surface area contributed by atoms with Gasteiger partial charge < -0.3 is 5.32 Å². The molecule has 120 valence electrons. The summed E-state index contributed by atoms with van der Waals surface area (Å²) in [6, 6.07) is 14.1. The number of anilines is 1. The summed E-state index contributed by atoms with van der Waals surface area (Å²) in [6.07, 6.45) is 2.14. The molecule has 2 aromatic carbocycles. The quantitative estimate of drug-likeness (QED) is 0.768. The first-order valence-corrected chi connectivity index (χ1v) is 8.09. The van der Waals surface area contributed by atoms with Crippen molar-refractivity contribution in [2.45, 2.75) is 19.9 Å². The van der Waals surface area contributed by atoms with Crippen molar-refractivity contribution in [3.05, 3.63) is 75.8 Å². The van der Waals surface area contributed by atoms with Crippen LogP contribution in [-0.2, 0) is 0 Å². The fourth-order valence-electron chi connectivity index (χ4n) is 3.03. The van der Waals surface area contributed by atoms with E-state index in [9.17, 15) is 0 Å². The number of hydrogen-bond donors (Lipinski definition) is 1. The molecule has 4 rings (SSSR count). The molecule has 0 bridgehead atoms. The Bertz CT molecular complexity index is 927. The van der Waals surface area contributed by atoms with Gasteiger partial charge in [-0.2, -0.15) is 4.68 Å². The molecule has 0 unspecified atom stereocenters. The molecular weight excluding hydrogens is 322 g/mol. The Labute approximate surface area is 145 Å². The molecule has 3 aromatic rings. The molecule has 24 heavy (non-hydrogen) atoms. The van der Waals surface area contributed by atoms with Crippen LogP contribution in [0, 0.1) is 13.8 Å². The number of tetrazole rings is 1. The zero-order valence-corrected chi connectivity index (χ0v) is 14.1. The molecule has 0 aliphatic carbocycles. The molecule has 5 nitrogen and oxygen atoms in total. The fraction of sp³-hybridized carbons (Fsp3) is 0.167. The van der Waals surface area contributed by atoms with E-state index >= 15 is 0 Å². The van der Waals surface area contributed by atoms with Gasteiger partial charge >= 0.3 is 0 Å². The van der Waals surface area contributed by atoms with Crippen LogP contribution in [0.15, 0.2) is 48.5 Å².